The molecule has 6 heteroatoms. The summed E-state index contributed by atoms with van der Waals surface area (Å²) in [6.45, 7) is 2.37. The van der Waals surface area contributed by atoms with E-state index in [0.717, 1.165) is 5.56 Å². The summed E-state index contributed by atoms with van der Waals surface area (Å²) in [6.07, 6.45) is 0. The van der Waals surface area contributed by atoms with Gasteiger partial charge >= 0.3 is 0 Å². The van der Waals surface area contributed by atoms with Gasteiger partial charge in [0, 0.05) is 25.7 Å². The Morgan fingerprint density at radius 2 is 2.24 bits per heavy atom. The van der Waals surface area contributed by atoms with E-state index in [9.17, 15) is 10.1 Å². The molecule has 6 nitrogen and oxygen atoms in total. The second kappa shape index (κ2) is 6.17. The standard InChI is InChI=1S/C11H17N3O3/c1-8(7-15)13-6-9-3-4-10(12-2)11(5-9)14(16)17/h3-5,8,12-13,15H,6-7H2,1-2H3/t8-/m1/s1. The topological polar surface area (TPSA) is 87.4 Å². The highest BCUT2D eigenvalue weighted by atomic mass is 16.6. The van der Waals surface area contributed by atoms with E-state index in [4.69, 9.17) is 5.11 Å². The van der Waals surface area contributed by atoms with Crippen molar-refractivity contribution in [3.05, 3.63) is 33.9 Å². The molecule has 0 saturated carbocycles. The minimum absolute atomic E-state index is 0.0296. The zero-order valence-corrected chi connectivity index (χ0v) is 9.93. The Bertz CT molecular complexity index is 396. The van der Waals surface area contributed by atoms with E-state index >= 15 is 0 Å². The van der Waals surface area contributed by atoms with Crippen molar-refractivity contribution in [3.63, 3.8) is 0 Å². The minimum Gasteiger partial charge on any atom is -0.395 e. The molecule has 0 amide bonds. The number of benzene rings is 1. The first-order chi connectivity index (χ1) is 8.08. The quantitative estimate of drug-likeness (QED) is 0.511. The Kier molecular flexibility index (Phi) is 4.86. The van der Waals surface area contributed by atoms with E-state index in [1.807, 2.05) is 13.0 Å². The third kappa shape index (κ3) is 3.69. The zero-order valence-electron chi connectivity index (χ0n) is 9.93. The van der Waals surface area contributed by atoms with Crippen LogP contribution in [0.5, 0.6) is 0 Å². The molecule has 0 saturated heterocycles. The van der Waals surface area contributed by atoms with Crippen LogP contribution in [0.15, 0.2) is 18.2 Å². The molecule has 0 fully saturated rings. The number of rotatable bonds is 6. The fraction of sp³-hybridized carbons (Fsp3) is 0.455. The molecular weight excluding hydrogens is 222 g/mol. The minimum atomic E-state index is -0.412. The summed E-state index contributed by atoms with van der Waals surface area (Å²) in [7, 11) is 1.65. The highest BCUT2D eigenvalue weighted by molar-refractivity contribution is 5.62. The van der Waals surface area contributed by atoms with Gasteiger partial charge in [-0.25, -0.2) is 0 Å². The molecule has 17 heavy (non-hydrogen) atoms. The smallest absolute Gasteiger partial charge is 0.292 e. The highest BCUT2D eigenvalue weighted by Crippen LogP contribution is 2.24. The van der Waals surface area contributed by atoms with Gasteiger partial charge < -0.3 is 15.7 Å². The summed E-state index contributed by atoms with van der Waals surface area (Å²) in [5, 5.41) is 25.5. The van der Waals surface area contributed by atoms with E-state index < -0.39 is 4.92 Å². The van der Waals surface area contributed by atoms with Crippen molar-refractivity contribution >= 4 is 11.4 Å². The second-order valence-corrected chi connectivity index (χ2v) is 3.82. The monoisotopic (exact) mass is 239 g/mol. The van der Waals surface area contributed by atoms with Gasteiger partial charge in [-0.05, 0) is 18.6 Å². The van der Waals surface area contributed by atoms with Crippen molar-refractivity contribution in [2.45, 2.75) is 19.5 Å². The van der Waals surface area contributed by atoms with Crippen LogP contribution >= 0.6 is 0 Å². The molecule has 0 bridgehead atoms. The lowest BCUT2D eigenvalue weighted by molar-refractivity contribution is -0.384. The van der Waals surface area contributed by atoms with Crippen molar-refractivity contribution in [2.24, 2.45) is 0 Å². The van der Waals surface area contributed by atoms with Crippen molar-refractivity contribution in [2.75, 3.05) is 19.0 Å². The first-order valence-electron chi connectivity index (χ1n) is 5.37. The number of hydrogen-bond donors (Lipinski definition) is 3. The number of nitro groups is 1. The molecule has 1 rings (SSSR count). The molecule has 0 aliphatic rings. The number of aliphatic hydroxyl groups excluding tert-OH is 1. The number of hydrogen-bond acceptors (Lipinski definition) is 5. The van der Waals surface area contributed by atoms with Gasteiger partial charge in [-0.3, -0.25) is 10.1 Å². The van der Waals surface area contributed by atoms with E-state index in [1.54, 1.807) is 13.1 Å². The average molecular weight is 239 g/mol. The van der Waals surface area contributed by atoms with Gasteiger partial charge in [-0.1, -0.05) is 6.07 Å². The van der Waals surface area contributed by atoms with Gasteiger partial charge in [0.1, 0.15) is 5.69 Å². The maximum atomic E-state index is 10.8. The predicted molar refractivity (Wildman–Crippen MR) is 66.0 cm³/mol. The number of nitro benzene ring substituents is 1. The third-order valence-corrected chi connectivity index (χ3v) is 2.46. The fourth-order valence-corrected chi connectivity index (χ4v) is 1.41. The molecule has 1 aromatic rings. The summed E-state index contributed by atoms with van der Waals surface area (Å²) < 4.78 is 0. The van der Waals surface area contributed by atoms with Crippen molar-refractivity contribution in [3.8, 4) is 0 Å². The Morgan fingerprint density at radius 1 is 1.53 bits per heavy atom. The van der Waals surface area contributed by atoms with Crippen LogP contribution < -0.4 is 10.6 Å². The van der Waals surface area contributed by atoms with Crippen LogP contribution in [0.25, 0.3) is 0 Å². The molecule has 0 aliphatic carbocycles. The Balaban J connectivity index is 2.81. The summed E-state index contributed by atoms with van der Waals surface area (Å²) in [4.78, 5) is 10.4. The molecule has 94 valence electrons. The highest BCUT2D eigenvalue weighted by Gasteiger charge is 2.13. The number of anilines is 1. The van der Waals surface area contributed by atoms with Crippen LogP contribution in [0, 0.1) is 10.1 Å². The zero-order chi connectivity index (χ0) is 12.8. The molecule has 3 N–H and O–H groups in total. The molecule has 0 aromatic heterocycles. The van der Waals surface area contributed by atoms with E-state index in [1.165, 1.54) is 6.07 Å². The maximum Gasteiger partial charge on any atom is 0.292 e. The summed E-state index contributed by atoms with van der Waals surface area (Å²) >= 11 is 0. The molecule has 1 aromatic carbocycles. The molecule has 0 radical (unpaired) electrons. The van der Waals surface area contributed by atoms with Crippen LogP contribution in [-0.4, -0.2) is 29.7 Å². The first-order valence-corrected chi connectivity index (χ1v) is 5.37. The largest absolute Gasteiger partial charge is 0.395 e. The van der Waals surface area contributed by atoms with E-state index in [-0.39, 0.29) is 18.3 Å². The van der Waals surface area contributed by atoms with Crippen LogP contribution in [0.3, 0.4) is 0 Å². The van der Waals surface area contributed by atoms with Crippen molar-refractivity contribution in [1.29, 1.82) is 0 Å². The van der Waals surface area contributed by atoms with Crippen LogP contribution in [0.4, 0.5) is 11.4 Å². The molecule has 0 aliphatic heterocycles. The average Bonchev–Trinajstić information content (AvgIpc) is 2.35. The molecule has 0 spiro atoms. The first kappa shape index (κ1) is 13.4. The Hall–Kier alpha value is -1.66. The van der Waals surface area contributed by atoms with Crippen LogP contribution in [0.1, 0.15) is 12.5 Å². The lowest BCUT2D eigenvalue weighted by Crippen LogP contribution is -2.28. The Morgan fingerprint density at radius 3 is 2.76 bits per heavy atom. The summed E-state index contributed by atoms with van der Waals surface area (Å²) in [5.74, 6) is 0. The molecule has 1 atom stereocenters. The van der Waals surface area contributed by atoms with Crippen LogP contribution in [0.2, 0.25) is 0 Å². The number of nitrogens with one attached hydrogen (secondary N) is 2. The van der Waals surface area contributed by atoms with Crippen LogP contribution in [-0.2, 0) is 6.54 Å². The molecular formula is C11H17N3O3. The Labute approximate surface area is 99.8 Å². The molecule has 0 unspecified atom stereocenters. The fourth-order valence-electron chi connectivity index (χ4n) is 1.41. The van der Waals surface area contributed by atoms with Gasteiger partial charge in [0.15, 0.2) is 0 Å². The second-order valence-electron chi connectivity index (χ2n) is 3.82. The van der Waals surface area contributed by atoms with Crippen molar-refractivity contribution in [1.82, 2.24) is 5.32 Å². The van der Waals surface area contributed by atoms with E-state index in [0.29, 0.717) is 12.2 Å². The van der Waals surface area contributed by atoms with Gasteiger partial charge in [0.05, 0.1) is 11.5 Å². The van der Waals surface area contributed by atoms with Gasteiger partial charge in [0.25, 0.3) is 5.69 Å². The lowest BCUT2D eigenvalue weighted by atomic mass is 10.1. The number of aliphatic hydroxyl groups is 1. The van der Waals surface area contributed by atoms with Gasteiger partial charge in [-0.2, -0.15) is 0 Å². The van der Waals surface area contributed by atoms with E-state index in [2.05, 4.69) is 10.6 Å². The summed E-state index contributed by atoms with van der Waals surface area (Å²) in [5.41, 5.74) is 1.37. The van der Waals surface area contributed by atoms with Crippen molar-refractivity contribution < 1.29 is 10.0 Å². The normalized spacial score (nSPS) is 12.2. The number of nitrogens with zero attached hydrogens (tertiary/aromatic N) is 1. The predicted octanol–water partition coefficient (Wildman–Crippen LogP) is 1.11. The lowest BCUT2D eigenvalue weighted by Gasteiger charge is -2.11. The molecule has 0 heterocycles. The van der Waals surface area contributed by atoms with Gasteiger partial charge in [-0.15, -0.1) is 0 Å². The third-order valence-electron chi connectivity index (χ3n) is 2.46. The summed E-state index contributed by atoms with van der Waals surface area (Å²) in [6, 6.07) is 5.00. The SMILES string of the molecule is CNc1ccc(CN[C@H](C)CO)cc1[N+](=O)[O-]. The maximum absolute atomic E-state index is 10.8. The van der Waals surface area contributed by atoms with Gasteiger partial charge in [0.2, 0.25) is 0 Å².